The molecule has 1 aliphatic rings. The molecule has 1 aromatic carbocycles. The number of aliphatic hydroxyl groups is 1. The van der Waals surface area contributed by atoms with Crippen LogP contribution in [0.3, 0.4) is 0 Å². The SMILES string of the molecule is Cc1cccc(C[C@H](CO)NC(=O)C2CCC2)c1. The van der Waals surface area contributed by atoms with E-state index in [1.165, 1.54) is 5.56 Å². The minimum absolute atomic E-state index is 0.00754. The van der Waals surface area contributed by atoms with Crippen molar-refractivity contribution in [2.24, 2.45) is 5.92 Å². The number of nitrogens with one attached hydrogen (secondary N) is 1. The van der Waals surface area contributed by atoms with Gasteiger partial charge in [-0.25, -0.2) is 0 Å². The topological polar surface area (TPSA) is 49.3 Å². The third kappa shape index (κ3) is 3.33. The lowest BCUT2D eigenvalue weighted by Crippen LogP contribution is -2.43. The number of amides is 1. The van der Waals surface area contributed by atoms with Gasteiger partial charge in [0.15, 0.2) is 0 Å². The Hall–Kier alpha value is -1.35. The summed E-state index contributed by atoms with van der Waals surface area (Å²) in [6, 6.07) is 8.01. The van der Waals surface area contributed by atoms with Crippen molar-refractivity contribution in [2.75, 3.05) is 6.61 Å². The second-order valence-electron chi connectivity index (χ2n) is 5.21. The molecule has 1 aliphatic carbocycles. The fourth-order valence-electron chi connectivity index (χ4n) is 2.27. The lowest BCUT2D eigenvalue weighted by atomic mass is 9.84. The van der Waals surface area contributed by atoms with Crippen molar-refractivity contribution in [3.8, 4) is 0 Å². The van der Waals surface area contributed by atoms with Crippen LogP contribution < -0.4 is 5.32 Å². The number of benzene rings is 1. The quantitative estimate of drug-likeness (QED) is 0.833. The van der Waals surface area contributed by atoms with Crippen LogP contribution in [-0.2, 0) is 11.2 Å². The summed E-state index contributed by atoms with van der Waals surface area (Å²) in [5.74, 6) is 0.282. The van der Waals surface area contributed by atoms with Gasteiger partial charge in [0.25, 0.3) is 0 Å². The maximum Gasteiger partial charge on any atom is 0.223 e. The zero-order valence-electron chi connectivity index (χ0n) is 10.9. The molecule has 1 atom stereocenters. The number of rotatable bonds is 5. The van der Waals surface area contributed by atoms with Crippen LogP contribution in [0.5, 0.6) is 0 Å². The molecular formula is C15H21NO2. The van der Waals surface area contributed by atoms with Crippen molar-refractivity contribution in [1.82, 2.24) is 5.32 Å². The lowest BCUT2D eigenvalue weighted by molar-refractivity contribution is -0.128. The maximum atomic E-state index is 11.8. The Kier molecular flexibility index (Phi) is 4.37. The molecule has 0 heterocycles. The van der Waals surface area contributed by atoms with Crippen molar-refractivity contribution in [3.63, 3.8) is 0 Å². The second-order valence-corrected chi connectivity index (χ2v) is 5.21. The van der Waals surface area contributed by atoms with Gasteiger partial charge in [-0.05, 0) is 31.7 Å². The van der Waals surface area contributed by atoms with Gasteiger partial charge in [0.1, 0.15) is 0 Å². The summed E-state index contributed by atoms with van der Waals surface area (Å²) < 4.78 is 0. The van der Waals surface area contributed by atoms with Crippen molar-refractivity contribution < 1.29 is 9.90 Å². The summed E-state index contributed by atoms with van der Waals surface area (Å²) in [4.78, 5) is 11.8. The van der Waals surface area contributed by atoms with Gasteiger partial charge in [0.2, 0.25) is 5.91 Å². The highest BCUT2D eigenvalue weighted by atomic mass is 16.3. The first-order valence-corrected chi connectivity index (χ1v) is 6.66. The van der Waals surface area contributed by atoms with E-state index in [1.54, 1.807) is 0 Å². The summed E-state index contributed by atoms with van der Waals surface area (Å²) in [7, 11) is 0. The van der Waals surface area contributed by atoms with Gasteiger partial charge in [-0.3, -0.25) is 4.79 Å². The van der Waals surface area contributed by atoms with Gasteiger partial charge in [-0.2, -0.15) is 0 Å². The fraction of sp³-hybridized carbons (Fsp3) is 0.533. The molecule has 0 saturated heterocycles. The Morgan fingerprint density at radius 3 is 2.83 bits per heavy atom. The normalized spacial score (nSPS) is 17.0. The smallest absolute Gasteiger partial charge is 0.223 e. The van der Waals surface area contributed by atoms with E-state index in [4.69, 9.17) is 0 Å². The number of aryl methyl sites for hydroxylation is 1. The van der Waals surface area contributed by atoms with E-state index in [0.29, 0.717) is 6.42 Å². The molecule has 1 fully saturated rings. The van der Waals surface area contributed by atoms with Crippen LogP contribution >= 0.6 is 0 Å². The van der Waals surface area contributed by atoms with Gasteiger partial charge >= 0.3 is 0 Å². The highest BCUT2D eigenvalue weighted by molar-refractivity contribution is 5.79. The standard InChI is InChI=1S/C15H21NO2/c1-11-4-2-5-12(8-11)9-14(10-17)16-15(18)13-6-3-7-13/h2,4-5,8,13-14,17H,3,6-7,9-10H2,1H3,(H,16,18)/t14-/m1/s1. The fourth-order valence-corrected chi connectivity index (χ4v) is 2.27. The van der Waals surface area contributed by atoms with Crippen molar-refractivity contribution in [1.29, 1.82) is 0 Å². The average molecular weight is 247 g/mol. The molecule has 1 amide bonds. The third-order valence-electron chi connectivity index (χ3n) is 3.61. The van der Waals surface area contributed by atoms with Crippen molar-refractivity contribution >= 4 is 5.91 Å². The van der Waals surface area contributed by atoms with E-state index in [-0.39, 0.29) is 24.5 Å². The van der Waals surface area contributed by atoms with E-state index in [9.17, 15) is 9.90 Å². The zero-order valence-corrected chi connectivity index (χ0v) is 10.9. The van der Waals surface area contributed by atoms with Gasteiger partial charge in [0.05, 0.1) is 12.6 Å². The van der Waals surface area contributed by atoms with Crippen LogP contribution in [0.4, 0.5) is 0 Å². The summed E-state index contributed by atoms with van der Waals surface area (Å²) in [6.07, 6.45) is 3.83. The molecule has 98 valence electrons. The molecule has 0 unspecified atom stereocenters. The molecule has 0 aliphatic heterocycles. The number of hydrogen-bond acceptors (Lipinski definition) is 2. The molecule has 1 aromatic rings. The van der Waals surface area contributed by atoms with Crippen LogP contribution in [0.15, 0.2) is 24.3 Å². The summed E-state index contributed by atoms with van der Waals surface area (Å²) >= 11 is 0. The average Bonchev–Trinajstić information content (AvgIpc) is 2.25. The van der Waals surface area contributed by atoms with Crippen LogP contribution in [-0.4, -0.2) is 23.7 Å². The van der Waals surface area contributed by atoms with E-state index in [1.807, 2.05) is 25.1 Å². The number of carbonyl (C=O) groups is 1. The minimum atomic E-state index is -0.167. The second kappa shape index (κ2) is 6.01. The molecule has 2 rings (SSSR count). The van der Waals surface area contributed by atoms with Gasteiger partial charge < -0.3 is 10.4 Å². The molecule has 1 saturated carbocycles. The molecule has 0 spiro atoms. The molecule has 0 bridgehead atoms. The van der Waals surface area contributed by atoms with Gasteiger partial charge in [-0.15, -0.1) is 0 Å². The van der Waals surface area contributed by atoms with Gasteiger partial charge in [0, 0.05) is 5.92 Å². The number of carbonyl (C=O) groups excluding carboxylic acids is 1. The predicted octanol–water partition coefficient (Wildman–Crippen LogP) is 1.81. The molecule has 0 radical (unpaired) electrons. The first-order valence-electron chi connectivity index (χ1n) is 6.66. The Morgan fingerprint density at radius 1 is 1.50 bits per heavy atom. The summed E-state index contributed by atoms with van der Waals surface area (Å²) in [5.41, 5.74) is 2.36. The molecule has 18 heavy (non-hydrogen) atoms. The van der Waals surface area contributed by atoms with E-state index in [2.05, 4.69) is 11.4 Å². The van der Waals surface area contributed by atoms with E-state index >= 15 is 0 Å². The summed E-state index contributed by atoms with van der Waals surface area (Å²) in [5, 5.41) is 12.3. The Bertz CT molecular complexity index is 413. The van der Waals surface area contributed by atoms with Crippen LogP contribution in [0.2, 0.25) is 0 Å². The monoisotopic (exact) mass is 247 g/mol. The maximum absolute atomic E-state index is 11.8. The van der Waals surface area contributed by atoms with Crippen molar-refractivity contribution in [3.05, 3.63) is 35.4 Å². The lowest BCUT2D eigenvalue weighted by Gasteiger charge is -2.26. The van der Waals surface area contributed by atoms with E-state index in [0.717, 1.165) is 24.8 Å². The van der Waals surface area contributed by atoms with Crippen LogP contribution in [0.1, 0.15) is 30.4 Å². The largest absolute Gasteiger partial charge is 0.394 e. The highest BCUT2D eigenvalue weighted by Crippen LogP contribution is 2.26. The first-order chi connectivity index (χ1) is 8.69. The number of aliphatic hydroxyl groups excluding tert-OH is 1. The third-order valence-corrected chi connectivity index (χ3v) is 3.61. The molecule has 0 aromatic heterocycles. The molecule has 3 heteroatoms. The zero-order chi connectivity index (χ0) is 13.0. The molecule has 3 nitrogen and oxygen atoms in total. The predicted molar refractivity (Wildman–Crippen MR) is 71.2 cm³/mol. The molecule has 2 N–H and O–H groups in total. The molecular weight excluding hydrogens is 226 g/mol. The van der Waals surface area contributed by atoms with Crippen LogP contribution in [0.25, 0.3) is 0 Å². The Balaban J connectivity index is 1.90. The minimum Gasteiger partial charge on any atom is -0.394 e. The van der Waals surface area contributed by atoms with Crippen molar-refractivity contribution in [2.45, 2.75) is 38.6 Å². The van der Waals surface area contributed by atoms with Crippen LogP contribution in [0, 0.1) is 12.8 Å². The number of hydrogen-bond donors (Lipinski definition) is 2. The van der Waals surface area contributed by atoms with E-state index < -0.39 is 0 Å². The summed E-state index contributed by atoms with van der Waals surface area (Å²) in [6.45, 7) is 2.04. The highest BCUT2D eigenvalue weighted by Gasteiger charge is 2.26. The Labute approximate surface area is 108 Å². The first kappa shape index (κ1) is 13.1. The Morgan fingerprint density at radius 2 is 2.28 bits per heavy atom. The van der Waals surface area contributed by atoms with Gasteiger partial charge in [-0.1, -0.05) is 36.2 Å².